The van der Waals surface area contributed by atoms with E-state index in [0.717, 1.165) is 0 Å². The fraction of sp³-hybridized carbons (Fsp3) is 0. The van der Waals surface area contributed by atoms with Crippen LogP contribution in [0.4, 0.5) is 0 Å². The Morgan fingerprint density at radius 2 is 2.00 bits per heavy atom. The van der Waals surface area contributed by atoms with Crippen molar-refractivity contribution in [3.8, 4) is 0 Å². The molecule has 0 aliphatic rings. The Kier molecular flexibility index (Phi) is 4.20. The van der Waals surface area contributed by atoms with Gasteiger partial charge in [0, 0.05) is 6.20 Å². The van der Waals surface area contributed by atoms with E-state index < -0.39 is 10.0 Å². The van der Waals surface area contributed by atoms with Crippen LogP contribution in [0.25, 0.3) is 0 Å². The van der Waals surface area contributed by atoms with Gasteiger partial charge in [-0.15, -0.1) is 0 Å². The van der Waals surface area contributed by atoms with E-state index in [1.807, 2.05) is 0 Å². The Hall–Kier alpha value is 0.0600. The summed E-state index contributed by atoms with van der Waals surface area (Å²) >= 11 is 0. The van der Waals surface area contributed by atoms with E-state index in [0.29, 0.717) is 0 Å². The van der Waals surface area contributed by atoms with Gasteiger partial charge in [-0.1, -0.05) is 6.07 Å². The van der Waals surface area contributed by atoms with Crippen LogP contribution in [0.3, 0.4) is 0 Å². The van der Waals surface area contributed by atoms with Crippen molar-refractivity contribution in [2.24, 2.45) is 5.14 Å². The number of primary sulfonamides is 1. The molecule has 0 fully saturated rings. The van der Waals surface area contributed by atoms with Gasteiger partial charge < -0.3 is 0 Å². The number of nitrogens with two attached hydrogens (primary N) is 1. The van der Waals surface area contributed by atoms with Crippen LogP contribution in [0.5, 0.6) is 0 Å². The molecular formula is C5H7N2NaO2S. The first-order valence-electron chi connectivity index (χ1n) is 2.54. The van der Waals surface area contributed by atoms with Gasteiger partial charge in [-0.3, -0.25) is 0 Å². The second-order valence-electron chi connectivity index (χ2n) is 1.71. The van der Waals surface area contributed by atoms with Crippen LogP contribution in [-0.2, 0) is 10.0 Å². The van der Waals surface area contributed by atoms with Crippen molar-refractivity contribution >= 4 is 39.6 Å². The van der Waals surface area contributed by atoms with Crippen LogP contribution in [0.15, 0.2) is 29.4 Å². The van der Waals surface area contributed by atoms with Crippen LogP contribution in [-0.4, -0.2) is 43.0 Å². The van der Waals surface area contributed by atoms with Crippen LogP contribution in [0.2, 0.25) is 0 Å². The molecule has 0 aliphatic heterocycles. The van der Waals surface area contributed by atoms with Crippen molar-refractivity contribution in [2.75, 3.05) is 0 Å². The predicted molar refractivity (Wildman–Crippen MR) is 42.8 cm³/mol. The number of pyridine rings is 1. The third-order valence-corrected chi connectivity index (χ3v) is 1.75. The maximum absolute atomic E-state index is 10.5. The second kappa shape index (κ2) is 4.18. The average molecular weight is 182 g/mol. The van der Waals surface area contributed by atoms with Crippen molar-refractivity contribution in [3.63, 3.8) is 0 Å². The summed E-state index contributed by atoms with van der Waals surface area (Å²) in [6, 6.07) is 4.52. The first-order chi connectivity index (χ1) is 4.61. The summed E-state index contributed by atoms with van der Waals surface area (Å²) < 4.78 is 21.1. The third kappa shape index (κ3) is 3.31. The fourth-order valence-electron chi connectivity index (χ4n) is 0.515. The van der Waals surface area contributed by atoms with Crippen molar-refractivity contribution < 1.29 is 8.42 Å². The molecule has 4 nitrogen and oxygen atoms in total. The first-order valence-corrected chi connectivity index (χ1v) is 4.09. The average Bonchev–Trinajstić information content (AvgIpc) is 1.88. The molecule has 0 amide bonds. The summed E-state index contributed by atoms with van der Waals surface area (Å²) in [5.41, 5.74) is 0. The molecule has 0 saturated carbocycles. The number of nitrogens with zero attached hydrogens (tertiary/aromatic N) is 1. The van der Waals surface area contributed by atoms with E-state index in [9.17, 15) is 8.42 Å². The van der Waals surface area contributed by atoms with E-state index in [2.05, 4.69) is 4.98 Å². The third-order valence-electron chi connectivity index (χ3n) is 0.929. The first kappa shape index (κ1) is 11.1. The molecule has 6 heteroatoms. The molecule has 1 heterocycles. The maximum atomic E-state index is 10.5. The standard InChI is InChI=1S/C5H6N2O2S.Na.H/c6-10(8,9)5-3-1-2-4-7-5;;/h1-4H,(H2,6,8,9);;. The Morgan fingerprint density at radius 1 is 1.36 bits per heavy atom. The van der Waals surface area contributed by atoms with Gasteiger partial charge in [-0.05, 0) is 12.1 Å². The molecule has 0 bridgehead atoms. The summed E-state index contributed by atoms with van der Waals surface area (Å²) in [4.78, 5) is 3.54. The van der Waals surface area contributed by atoms with Gasteiger partial charge in [0.15, 0.2) is 5.03 Å². The molecule has 56 valence electrons. The van der Waals surface area contributed by atoms with Gasteiger partial charge in [-0.25, -0.2) is 18.5 Å². The van der Waals surface area contributed by atoms with Gasteiger partial charge >= 0.3 is 29.6 Å². The summed E-state index contributed by atoms with van der Waals surface area (Å²) in [7, 11) is -3.61. The van der Waals surface area contributed by atoms with Crippen molar-refractivity contribution in [3.05, 3.63) is 24.4 Å². The zero-order valence-corrected chi connectivity index (χ0v) is 5.88. The molecule has 0 saturated heterocycles. The molecule has 0 atom stereocenters. The molecule has 11 heavy (non-hydrogen) atoms. The van der Waals surface area contributed by atoms with Gasteiger partial charge in [0.1, 0.15) is 0 Å². The monoisotopic (exact) mass is 182 g/mol. The van der Waals surface area contributed by atoms with E-state index in [4.69, 9.17) is 5.14 Å². The minimum atomic E-state index is -3.61. The number of hydrogen-bond donors (Lipinski definition) is 1. The van der Waals surface area contributed by atoms with Gasteiger partial charge in [0.2, 0.25) is 0 Å². The molecule has 1 rings (SSSR count). The molecule has 0 aliphatic carbocycles. The number of rotatable bonds is 1. The van der Waals surface area contributed by atoms with E-state index in [1.165, 1.54) is 12.3 Å². The number of hydrogen-bond acceptors (Lipinski definition) is 3. The van der Waals surface area contributed by atoms with Gasteiger partial charge in [0.25, 0.3) is 10.0 Å². The summed E-state index contributed by atoms with van der Waals surface area (Å²) in [5, 5.41) is 4.66. The zero-order valence-electron chi connectivity index (χ0n) is 5.06. The molecule has 2 N–H and O–H groups in total. The normalized spacial score (nSPS) is 10.3. The van der Waals surface area contributed by atoms with Crippen molar-refractivity contribution in [1.29, 1.82) is 0 Å². The molecule has 0 radical (unpaired) electrons. The zero-order chi connectivity index (χ0) is 7.61. The topological polar surface area (TPSA) is 73.1 Å². The fourth-order valence-corrected chi connectivity index (χ4v) is 0.991. The van der Waals surface area contributed by atoms with Crippen LogP contribution < -0.4 is 5.14 Å². The van der Waals surface area contributed by atoms with E-state index in [1.54, 1.807) is 12.1 Å². The van der Waals surface area contributed by atoms with Crippen molar-refractivity contribution in [1.82, 2.24) is 4.98 Å². The van der Waals surface area contributed by atoms with E-state index >= 15 is 0 Å². The molecule has 0 aromatic carbocycles. The summed E-state index contributed by atoms with van der Waals surface area (Å²) in [5.74, 6) is 0. The minimum absolute atomic E-state index is 0. The van der Waals surface area contributed by atoms with Crippen LogP contribution in [0.1, 0.15) is 0 Å². The summed E-state index contributed by atoms with van der Waals surface area (Å²) in [6.45, 7) is 0. The quantitative estimate of drug-likeness (QED) is 0.571. The van der Waals surface area contributed by atoms with Gasteiger partial charge in [0.05, 0.1) is 0 Å². The predicted octanol–water partition coefficient (Wildman–Crippen LogP) is -0.919. The Labute approximate surface area is 87.2 Å². The molecule has 1 aromatic rings. The molecule has 0 spiro atoms. The summed E-state index contributed by atoms with van der Waals surface area (Å²) in [6.07, 6.45) is 1.37. The molecule has 1 aromatic heterocycles. The number of sulfonamides is 1. The van der Waals surface area contributed by atoms with Crippen LogP contribution in [0, 0.1) is 0 Å². The Balaban J connectivity index is 0.000001000. The molecular weight excluding hydrogens is 175 g/mol. The van der Waals surface area contributed by atoms with Crippen molar-refractivity contribution in [2.45, 2.75) is 5.03 Å². The molecule has 0 unspecified atom stereocenters. The van der Waals surface area contributed by atoms with Crippen LogP contribution >= 0.6 is 0 Å². The number of aromatic nitrogens is 1. The van der Waals surface area contributed by atoms with E-state index in [-0.39, 0.29) is 34.6 Å². The second-order valence-corrected chi connectivity index (χ2v) is 3.22. The SMILES string of the molecule is NS(=O)(=O)c1ccccn1.[NaH]. The Bertz CT molecular complexity index is 311. The Morgan fingerprint density at radius 3 is 2.27 bits per heavy atom. The van der Waals surface area contributed by atoms with Gasteiger partial charge in [-0.2, -0.15) is 0 Å².